The molecule has 4 aromatic rings. The Morgan fingerprint density at radius 1 is 1.02 bits per heavy atom. The Bertz CT molecular complexity index is 1700. The highest BCUT2D eigenvalue weighted by atomic mass is 35.5. The van der Waals surface area contributed by atoms with E-state index in [1.165, 1.54) is 12.3 Å². The average molecular weight is 562 g/mol. The van der Waals surface area contributed by atoms with Crippen molar-refractivity contribution in [2.75, 3.05) is 0 Å². The summed E-state index contributed by atoms with van der Waals surface area (Å²) < 4.78 is 12.0. The number of hydrogen-bond acceptors (Lipinski definition) is 6. The highest BCUT2D eigenvalue weighted by molar-refractivity contribution is 6.32. The van der Waals surface area contributed by atoms with Crippen molar-refractivity contribution in [1.29, 1.82) is 5.26 Å². The Morgan fingerprint density at radius 3 is 2.46 bits per heavy atom. The first-order valence-corrected chi connectivity index (χ1v) is 13.1. The van der Waals surface area contributed by atoms with E-state index in [0.29, 0.717) is 39.5 Å². The number of aliphatic imine (C=N–C) groups is 1. The molecule has 0 spiro atoms. The van der Waals surface area contributed by atoms with Crippen molar-refractivity contribution >= 4 is 30.3 Å². The van der Waals surface area contributed by atoms with E-state index in [-0.39, 0.29) is 13.2 Å². The molecular weight excluding hydrogens is 534 g/mol. The highest BCUT2D eigenvalue weighted by Crippen LogP contribution is 2.35. The molecule has 0 unspecified atom stereocenters. The Labute approximate surface area is 244 Å². The Balaban J connectivity index is 1.59. The minimum Gasteiger partial charge on any atom is -0.488 e. The summed E-state index contributed by atoms with van der Waals surface area (Å²) in [4.78, 5) is 19.9. The normalized spacial score (nSPS) is 10.9. The minimum atomic E-state index is 0.120. The van der Waals surface area contributed by atoms with E-state index in [0.717, 1.165) is 39.1 Å². The molecule has 0 fully saturated rings. The molecule has 0 aliphatic heterocycles. The lowest BCUT2D eigenvalue weighted by molar-refractivity contribution is 0.111. The van der Waals surface area contributed by atoms with E-state index < -0.39 is 0 Å². The van der Waals surface area contributed by atoms with Gasteiger partial charge in [-0.3, -0.25) is 14.8 Å². The third-order valence-electron chi connectivity index (χ3n) is 6.68. The maximum absolute atomic E-state index is 11.7. The second-order valence-corrected chi connectivity index (χ2v) is 9.63. The van der Waals surface area contributed by atoms with E-state index in [9.17, 15) is 4.79 Å². The van der Waals surface area contributed by atoms with Crippen LogP contribution in [0.5, 0.6) is 11.5 Å². The number of nitrogens with zero attached hydrogens (tertiary/aromatic N) is 3. The molecular formula is C34H28ClN3O3. The fourth-order valence-electron chi connectivity index (χ4n) is 4.50. The van der Waals surface area contributed by atoms with Gasteiger partial charge in [0.25, 0.3) is 0 Å². The monoisotopic (exact) mass is 561 g/mol. The molecule has 0 aliphatic rings. The largest absolute Gasteiger partial charge is 0.488 e. The smallest absolute Gasteiger partial charge is 0.153 e. The molecule has 0 saturated carbocycles. The van der Waals surface area contributed by atoms with Crippen LogP contribution in [0, 0.1) is 25.2 Å². The van der Waals surface area contributed by atoms with Gasteiger partial charge in [0.05, 0.1) is 21.8 Å². The predicted octanol–water partition coefficient (Wildman–Crippen LogP) is 8.09. The van der Waals surface area contributed by atoms with Crippen LogP contribution in [0.25, 0.3) is 16.8 Å². The topological polar surface area (TPSA) is 84.6 Å². The zero-order valence-electron chi connectivity index (χ0n) is 22.9. The molecule has 1 heterocycles. The third-order valence-corrected chi connectivity index (χ3v) is 6.98. The van der Waals surface area contributed by atoms with Crippen LogP contribution >= 0.6 is 11.6 Å². The fraction of sp³-hybridized carbons (Fsp3) is 0.118. The summed E-state index contributed by atoms with van der Waals surface area (Å²) in [5, 5.41) is 9.40. The third kappa shape index (κ3) is 6.60. The van der Waals surface area contributed by atoms with E-state index in [2.05, 4.69) is 49.3 Å². The van der Waals surface area contributed by atoms with Gasteiger partial charge in [-0.2, -0.15) is 5.26 Å². The molecule has 0 bridgehead atoms. The molecule has 1 aromatic heterocycles. The van der Waals surface area contributed by atoms with Crippen molar-refractivity contribution in [2.45, 2.75) is 27.1 Å². The van der Waals surface area contributed by atoms with Crippen LogP contribution in [0.4, 0.5) is 0 Å². The zero-order valence-corrected chi connectivity index (χ0v) is 23.6. The van der Waals surface area contributed by atoms with Gasteiger partial charge in [-0.05, 0) is 66.6 Å². The molecule has 4 rings (SSSR count). The summed E-state index contributed by atoms with van der Waals surface area (Å²) in [5.74, 6) is 0.703. The molecule has 0 N–H and O–H groups in total. The number of hydrogen-bond donors (Lipinski definition) is 0. The summed E-state index contributed by atoms with van der Waals surface area (Å²) in [6.07, 6.45) is 7.29. The number of rotatable bonds is 11. The molecule has 0 saturated heterocycles. The van der Waals surface area contributed by atoms with E-state index >= 15 is 0 Å². The van der Waals surface area contributed by atoms with Crippen LogP contribution in [0.3, 0.4) is 0 Å². The fourth-order valence-corrected chi connectivity index (χ4v) is 4.72. The second kappa shape index (κ2) is 13.4. The average Bonchev–Trinajstić information content (AvgIpc) is 2.99. The SMILES string of the molecule is C=C/C=C(\N=C)c1cccc(-c2cccc(COc3cc(OCc4cncc(C#N)c4)c(C=O)cc3Cl)c2C)c1C. The number of pyridine rings is 1. The first kappa shape index (κ1) is 29.0. The van der Waals surface area contributed by atoms with Crippen LogP contribution in [0.15, 0.2) is 90.7 Å². The van der Waals surface area contributed by atoms with E-state index in [4.69, 9.17) is 26.3 Å². The quantitative estimate of drug-likeness (QED) is 0.105. The van der Waals surface area contributed by atoms with Gasteiger partial charge in [-0.1, -0.05) is 60.7 Å². The van der Waals surface area contributed by atoms with E-state index in [1.54, 1.807) is 24.4 Å². The summed E-state index contributed by atoms with van der Waals surface area (Å²) in [6, 6.07) is 19.0. The van der Waals surface area contributed by atoms with Gasteiger partial charge in [0, 0.05) is 29.6 Å². The molecule has 6 nitrogen and oxygen atoms in total. The summed E-state index contributed by atoms with van der Waals surface area (Å²) >= 11 is 6.47. The Hall–Kier alpha value is -4.99. The van der Waals surface area contributed by atoms with Crippen molar-refractivity contribution in [2.24, 2.45) is 4.99 Å². The summed E-state index contributed by atoms with van der Waals surface area (Å²) in [5.41, 5.74) is 8.45. The van der Waals surface area contributed by atoms with Crippen molar-refractivity contribution in [1.82, 2.24) is 4.98 Å². The Morgan fingerprint density at radius 2 is 1.76 bits per heavy atom. The van der Waals surface area contributed by atoms with Gasteiger partial charge < -0.3 is 9.47 Å². The van der Waals surface area contributed by atoms with Crippen LogP contribution in [0.2, 0.25) is 5.02 Å². The van der Waals surface area contributed by atoms with Crippen molar-refractivity contribution < 1.29 is 14.3 Å². The number of nitriles is 1. The first-order valence-electron chi connectivity index (χ1n) is 12.8. The number of ether oxygens (including phenoxy) is 2. The highest BCUT2D eigenvalue weighted by Gasteiger charge is 2.15. The number of aromatic nitrogens is 1. The number of aldehydes is 1. The predicted molar refractivity (Wildman–Crippen MR) is 164 cm³/mol. The van der Waals surface area contributed by atoms with Gasteiger partial charge in [-0.15, -0.1) is 0 Å². The maximum Gasteiger partial charge on any atom is 0.153 e. The van der Waals surface area contributed by atoms with Crippen molar-refractivity contribution in [3.05, 3.63) is 130 Å². The number of allylic oxidation sites excluding steroid dienone is 2. The van der Waals surface area contributed by atoms with Gasteiger partial charge in [0.15, 0.2) is 6.29 Å². The molecule has 0 aliphatic carbocycles. The number of carbonyl (C=O) groups excluding carboxylic acids is 1. The van der Waals surface area contributed by atoms with Crippen LogP contribution in [0.1, 0.15) is 43.7 Å². The number of carbonyl (C=O) groups is 1. The molecule has 0 amide bonds. The van der Waals surface area contributed by atoms with E-state index in [1.807, 2.05) is 36.4 Å². The molecule has 0 atom stereocenters. The van der Waals surface area contributed by atoms with Gasteiger partial charge in [-0.25, -0.2) is 0 Å². The maximum atomic E-state index is 11.7. The Kier molecular flexibility index (Phi) is 9.47. The van der Waals surface area contributed by atoms with Gasteiger partial charge in [0.2, 0.25) is 0 Å². The van der Waals surface area contributed by atoms with Crippen molar-refractivity contribution in [3.63, 3.8) is 0 Å². The summed E-state index contributed by atoms with van der Waals surface area (Å²) in [7, 11) is 0. The molecule has 3 aromatic carbocycles. The molecule has 204 valence electrons. The molecule has 41 heavy (non-hydrogen) atoms. The van der Waals surface area contributed by atoms with Gasteiger partial charge >= 0.3 is 0 Å². The minimum absolute atomic E-state index is 0.120. The van der Waals surface area contributed by atoms with Crippen LogP contribution < -0.4 is 9.47 Å². The number of benzene rings is 3. The van der Waals surface area contributed by atoms with Crippen LogP contribution in [-0.4, -0.2) is 18.0 Å². The second-order valence-electron chi connectivity index (χ2n) is 9.22. The standard InChI is InChI=1S/C34H28ClN3O3/c1-5-8-32(37-4)30-12-7-11-29(23(30)3)28-10-6-9-26(22(28)2)21-41-34-15-33(27(19-39)14-31(34)35)40-20-25-13-24(16-36)17-38-18-25/h5-15,17-19H,1,4,20-21H2,2-3H3/b32-8-. The summed E-state index contributed by atoms with van der Waals surface area (Å²) in [6.45, 7) is 12.0. The first-order chi connectivity index (χ1) is 19.9. The lowest BCUT2D eigenvalue weighted by atomic mass is 9.91. The van der Waals surface area contributed by atoms with Crippen LogP contribution in [-0.2, 0) is 13.2 Å². The molecule has 0 radical (unpaired) electrons. The lowest BCUT2D eigenvalue weighted by Gasteiger charge is -2.17. The van der Waals surface area contributed by atoms with Crippen molar-refractivity contribution in [3.8, 4) is 28.7 Å². The number of halogens is 1. The molecule has 7 heteroatoms. The zero-order chi connectivity index (χ0) is 29.4. The lowest BCUT2D eigenvalue weighted by Crippen LogP contribution is -2.03. The van der Waals surface area contributed by atoms with Gasteiger partial charge in [0.1, 0.15) is 30.8 Å².